The molecule has 1 aliphatic heterocycles. The van der Waals surface area contributed by atoms with Gasteiger partial charge in [0.2, 0.25) is 0 Å². The minimum absolute atomic E-state index is 0.0178. The summed E-state index contributed by atoms with van der Waals surface area (Å²) in [4.78, 5) is 32.8. The molecule has 1 fully saturated rings. The number of amides is 2. The molecular formula is C24H23F3N4O3. The highest BCUT2D eigenvalue weighted by atomic mass is 19.4. The summed E-state index contributed by atoms with van der Waals surface area (Å²) < 4.78 is 46.4. The zero-order valence-electron chi connectivity index (χ0n) is 18.5. The number of nitrogens with zero attached hydrogens (tertiary/aromatic N) is 4. The van der Waals surface area contributed by atoms with Gasteiger partial charge in [-0.1, -0.05) is 6.07 Å². The molecule has 34 heavy (non-hydrogen) atoms. The van der Waals surface area contributed by atoms with Gasteiger partial charge in [0.05, 0.1) is 5.56 Å². The first-order valence-corrected chi connectivity index (χ1v) is 10.7. The van der Waals surface area contributed by atoms with Crippen LogP contribution in [0, 0.1) is 0 Å². The zero-order chi connectivity index (χ0) is 24.3. The number of rotatable bonds is 5. The van der Waals surface area contributed by atoms with Crippen LogP contribution >= 0.6 is 0 Å². The van der Waals surface area contributed by atoms with E-state index in [9.17, 15) is 22.8 Å². The van der Waals surface area contributed by atoms with Gasteiger partial charge in [-0.15, -0.1) is 0 Å². The summed E-state index contributed by atoms with van der Waals surface area (Å²) in [6, 6.07) is 11.2. The van der Waals surface area contributed by atoms with Crippen LogP contribution < -0.4 is 4.74 Å². The van der Waals surface area contributed by atoms with Crippen LogP contribution in [-0.4, -0.2) is 57.3 Å². The van der Waals surface area contributed by atoms with E-state index < -0.39 is 17.6 Å². The predicted octanol–water partition coefficient (Wildman–Crippen LogP) is 3.62. The Morgan fingerprint density at radius 1 is 0.941 bits per heavy atom. The molecule has 4 rings (SSSR count). The molecule has 0 bridgehead atoms. The van der Waals surface area contributed by atoms with Crippen molar-refractivity contribution < 1.29 is 27.5 Å². The predicted molar refractivity (Wildman–Crippen MR) is 117 cm³/mol. The van der Waals surface area contributed by atoms with Crippen molar-refractivity contribution in [2.45, 2.75) is 12.8 Å². The second kappa shape index (κ2) is 9.58. The first kappa shape index (κ1) is 23.3. The van der Waals surface area contributed by atoms with E-state index in [2.05, 4.69) is 4.98 Å². The lowest BCUT2D eigenvalue weighted by Gasteiger charge is -2.35. The normalized spacial score (nSPS) is 14.2. The number of piperazine rings is 1. The molecule has 0 unspecified atom stereocenters. The zero-order valence-corrected chi connectivity index (χ0v) is 18.5. The van der Waals surface area contributed by atoms with Crippen LogP contribution in [-0.2, 0) is 19.8 Å². The van der Waals surface area contributed by atoms with Crippen molar-refractivity contribution in [3.63, 3.8) is 0 Å². The summed E-state index contributed by atoms with van der Waals surface area (Å²) in [6.07, 6.45) is -0.999. The van der Waals surface area contributed by atoms with Gasteiger partial charge in [0.25, 0.3) is 11.8 Å². The monoisotopic (exact) mass is 472 g/mol. The lowest BCUT2D eigenvalue weighted by atomic mass is 10.1. The van der Waals surface area contributed by atoms with Crippen LogP contribution in [0.3, 0.4) is 0 Å². The Kier molecular flexibility index (Phi) is 6.58. The van der Waals surface area contributed by atoms with E-state index in [1.807, 2.05) is 17.8 Å². The molecule has 2 amide bonds. The minimum atomic E-state index is -4.51. The van der Waals surface area contributed by atoms with Crippen molar-refractivity contribution in [3.8, 4) is 5.75 Å². The Morgan fingerprint density at radius 3 is 2.12 bits per heavy atom. The second-order valence-corrected chi connectivity index (χ2v) is 7.93. The molecule has 178 valence electrons. The number of imidazole rings is 1. The fourth-order valence-corrected chi connectivity index (χ4v) is 3.68. The molecule has 0 aliphatic carbocycles. The Balaban J connectivity index is 1.32. The molecule has 10 heteroatoms. The van der Waals surface area contributed by atoms with E-state index in [0.29, 0.717) is 31.0 Å². The number of alkyl halides is 3. The van der Waals surface area contributed by atoms with Gasteiger partial charge in [-0.3, -0.25) is 9.59 Å². The van der Waals surface area contributed by atoms with Gasteiger partial charge in [-0.2, -0.15) is 13.2 Å². The van der Waals surface area contributed by atoms with Crippen LogP contribution in [0.2, 0.25) is 0 Å². The van der Waals surface area contributed by atoms with Crippen molar-refractivity contribution in [2.75, 3.05) is 26.2 Å². The van der Waals surface area contributed by atoms with Crippen molar-refractivity contribution >= 4 is 11.8 Å². The quantitative estimate of drug-likeness (QED) is 0.569. The molecule has 2 heterocycles. The maximum absolute atomic E-state index is 12.9. The first-order valence-electron chi connectivity index (χ1n) is 10.7. The molecular weight excluding hydrogens is 449 g/mol. The molecule has 3 aromatic rings. The van der Waals surface area contributed by atoms with Crippen LogP contribution in [0.1, 0.15) is 32.1 Å². The van der Waals surface area contributed by atoms with E-state index in [-0.39, 0.29) is 24.6 Å². The second-order valence-electron chi connectivity index (χ2n) is 7.93. The molecule has 0 spiro atoms. The summed E-state index contributed by atoms with van der Waals surface area (Å²) in [5.74, 6) is 0.725. The third kappa shape index (κ3) is 5.22. The molecule has 1 aliphatic rings. The van der Waals surface area contributed by atoms with Gasteiger partial charge in [-0.05, 0) is 42.5 Å². The summed E-state index contributed by atoms with van der Waals surface area (Å²) in [6.45, 7) is 1.37. The topological polar surface area (TPSA) is 67.7 Å². The number of hydrogen-bond donors (Lipinski definition) is 0. The van der Waals surface area contributed by atoms with Gasteiger partial charge < -0.3 is 19.1 Å². The summed E-state index contributed by atoms with van der Waals surface area (Å²) in [5, 5.41) is 0. The number of aryl methyl sites for hydroxylation is 1. The van der Waals surface area contributed by atoms with E-state index >= 15 is 0 Å². The molecule has 2 aromatic carbocycles. The number of hydrogen-bond acceptors (Lipinski definition) is 4. The van der Waals surface area contributed by atoms with Gasteiger partial charge >= 0.3 is 6.18 Å². The molecule has 1 saturated heterocycles. The number of carbonyl (C=O) groups excluding carboxylic acids is 2. The standard InChI is InChI=1S/C24H23F3N4O3/c1-29-10-9-28-21(29)16-34-20-7-5-17(6-8-20)22(32)30-11-13-31(14-12-30)23(33)18-3-2-4-19(15-18)24(25,26)27/h2-10,15H,11-14,16H2,1H3. The van der Waals surface area contributed by atoms with Crippen molar-refractivity contribution in [1.29, 1.82) is 0 Å². The summed E-state index contributed by atoms with van der Waals surface area (Å²) in [7, 11) is 1.88. The Hall–Kier alpha value is -3.82. The van der Waals surface area contributed by atoms with Crippen molar-refractivity contribution in [2.24, 2.45) is 7.05 Å². The van der Waals surface area contributed by atoms with E-state index in [4.69, 9.17) is 4.74 Å². The molecule has 0 N–H and O–H groups in total. The fraction of sp³-hybridized carbons (Fsp3) is 0.292. The number of halogens is 3. The van der Waals surface area contributed by atoms with Gasteiger partial charge in [0.15, 0.2) is 0 Å². The SMILES string of the molecule is Cn1ccnc1COc1ccc(C(=O)N2CCN(C(=O)c3cccc(C(F)(F)F)c3)CC2)cc1. The Bertz CT molecular complexity index is 1170. The van der Waals surface area contributed by atoms with E-state index in [0.717, 1.165) is 18.0 Å². The van der Waals surface area contributed by atoms with Crippen LogP contribution in [0.5, 0.6) is 5.75 Å². The van der Waals surface area contributed by atoms with Gasteiger partial charge in [0.1, 0.15) is 18.2 Å². The maximum Gasteiger partial charge on any atom is 0.416 e. The van der Waals surface area contributed by atoms with Crippen LogP contribution in [0.25, 0.3) is 0 Å². The highest BCUT2D eigenvalue weighted by Gasteiger charge is 2.32. The molecule has 1 aromatic heterocycles. The van der Waals surface area contributed by atoms with Crippen molar-refractivity contribution in [1.82, 2.24) is 19.4 Å². The molecule has 0 atom stereocenters. The maximum atomic E-state index is 12.9. The number of ether oxygens (including phenoxy) is 1. The van der Waals surface area contributed by atoms with Gasteiger partial charge in [-0.25, -0.2) is 4.98 Å². The third-order valence-electron chi connectivity index (χ3n) is 5.68. The van der Waals surface area contributed by atoms with Gasteiger partial charge in [0, 0.05) is 56.7 Å². The largest absolute Gasteiger partial charge is 0.486 e. The Labute approximate surface area is 194 Å². The van der Waals surface area contributed by atoms with Crippen molar-refractivity contribution in [3.05, 3.63) is 83.4 Å². The average Bonchev–Trinajstić information content (AvgIpc) is 3.26. The highest BCUT2D eigenvalue weighted by molar-refractivity contribution is 5.96. The number of carbonyl (C=O) groups is 2. The van der Waals surface area contributed by atoms with E-state index in [1.54, 1.807) is 35.4 Å². The smallest absolute Gasteiger partial charge is 0.416 e. The lowest BCUT2D eigenvalue weighted by Crippen LogP contribution is -2.50. The molecule has 0 saturated carbocycles. The third-order valence-corrected chi connectivity index (χ3v) is 5.68. The number of benzene rings is 2. The molecule has 0 radical (unpaired) electrons. The lowest BCUT2D eigenvalue weighted by molar-refractivity contribution is -0.137. The minimum Gasteiger partial charge on any atom is -0.486 e. The highest BCUT2D eigenvalue weighted by Crippen LogP contribution is 2.30. The fourth-order valence-electron chi connectivity index (χ4n) is 3.68. The average molecular weight is 472 g/mol. The van der Waals surface area contributed by atoms with E-state index in [1.165, 1.54) is 17.0 Å². The first-order chi connectivity index (χ1) is 16.2. The summed E-state index contributed by atoms with van der Waals surface area (Å²) >= 11 is 0. The summed E-state index contributed by atoms with van der Waals surface area (Å²) in [5.41, 5.74) is -0.391. The van der Waals surface area contributed by atoms with Crippen LogP contribution in [0.15, 0.2) is 60.9 Å². The number of aromatic nitrogens is 2. The molecule has 7 nitrogen and oxygen atoms in total. The van der Waals surface area contributed by atoms with Crippen LogP contribution in [0.4, 0.5) is 13.2 Å². The Morgan fingerprint density at radius 2 is 1.56 bits per heavy atom.